The SMILES string of the molecule is Cc1ccncc1-c1cc(N)c2cnc(NC(=O)C=C3CCC(F)CC3)cc2c1. The molecule has 148 valence electrons. The average Bonchev–Trinajstić information content (AvgIpc) is 2.70. The number of benzene rings is 1. The van der Waals surface area contributed by atoms with Gasteiger partial charge in [-0.1, -0.05) is 5.57 Å². The number of anilines is 2. The summed E-state index contributed by atoms with van der Waals surface area (Å²) in [6, 6.07) is 7.71. The molecule has 0 aliphatic heterocycles. The van der Waals surface area contributed by atoms with Crippen molar-refractivity contribution >= 4 is 28.2 Å². The maximum absolute atomic E-state index is 13.3. The number of carbonyl (C=O) groups is 1. The molecule has 1 saturated carbocycles. The molecule has 5 nitrogen and oxygen atoms in total. The number of amides is 1. The minimum Gasteiger partial charge on any atom is -0.398 e. The molecule has 0 atom stereocenters. The third kappa shape index (κ3) is 4.26. The van der Waals surface area contributed by atoms with Crippen molar-refractivity contribution in [1.29, 1.82) is 0 Å². The number of hydrogen-bond acceptors (Lipinski definition) is 4. The van der Waals surface area contributed by atoms with Gasteiger partial charge in [0.25, 0.3) is 0 Å². The van der Waals surface area contributed by atoms with E-state index in [4.69, 9.17) is 5.73 Å². The van der Waals surface area contributed by atoms with E-state index in [1.807, 2.05) is 37.4 Å². The number of nitrogens with one attached hydrogen (secondary N) is 1. The van der Waals surface area contributed by atoms with Crippen LogP contribution in [0.25, 0.3) is 21.9 Å². The highest BCUT2D eigenvalue weighted by Gasteiger charge is 2.16. The second-order valence-electron chi connectivity index (χ2n) is 7.51. The van der Waals surface area contributed by atoms with Crippen molar-refractivity contribution in [2.75, 3.05) is 11.1 Å². The Morgan fingerprint density at radius 1 is 1.24 bits per heavy atom. The third-order valence-corrected chi connectivity index (χ3v) is 5.36. The number of fused-ring (bicyclic) bond motifs is 1. The van der Waals surface area contributed by atoms with Gasteiger partial charge in [0.1, 0.15) is 12.0 Å². The van der Waals surface area contributed by atoms with Gasteiger partial charge in [-0.15, -0.1) is 0 Å². The van der Waals surface area contributed by atoms with Gasteiger partial charge in [0.2, 0.25) is 5.91 Å². The Morgan fingerprint density at radius 2 is 2.03 bits per heavy atom. The molecule has 2 aromatic heterocycles. The van der Waals surface area contributed by atoms with Gasteiger partial charge in [-0.25, -0.2) is 9.37 Å². The van der Waals surface area contributed by atoms with E-state index in [1.54, 1.807) is 18.5 Å². The molecule has 1 aliphatic rings. The first-order chi connectivity index (χ1) is 14.0. The van der Waals surface area contributed by atoms with Crippen LogP contribution in [0.4, 0.5) is 15.9 Å². The first kappa shape index (κ1) is 19.1. The normalized spacial score (nSPS) is 16.6. The summed E-state index contributed by atoms with van der Waals surface area (Å²) in [6.07, 6.45) is 8.30. The quantitative estimate of drug-likeness (QED) is 0.489. The minimum absolute atomic E-state index is 0.239. The molecule has 0 bridgehead atoms. The van der Waals surface area contributed by atoms with E-state index < -0.39 is 6.17 Å². The molecule has 1 aliphatic carbocycles. The van der Waals surface area contributed by atoms with Crippen molar-refractivity contribution in [3.05, 3.63) is 60.1 Å². The van der Waals surface area contributed by atoms with E-state index in [0.717, 1.165) is 33.0 Å². The summed E-state index contributed by atoms with van der Waals surface area (Å²) in [5.74, 6) is 0.217. The van der Waals surface area contributed by atoms with Gasteiger partial charge in [-0.2, -0.15) is 0 Å². The number of alkyl halides is 1. The molecule has 29 heavy (non-hydrogen) atoms. The van der Waals surface area contributed by atoms with Crippen LogP contribution in [0.3, 0.4) is 0 Å². The number of allylic oxidation sites excluding steroid dienone is 1. The van der Waals surface area contributed by atoms with Crippen molar-refractivity contribution < 1.29 is 9.18 Å². The third-order valence-electron chi connectivity index (χ3n) is 5.36. The molecule has 6 heteroatoms. The molecule has 1 amide bonds. The molecule has 1 fully saturated rings. The number of hydrogen-bond donors (Lipinski definition) is 2. The number of aromatic nitrogens is 2. The molecule has 0 unspecified atom stereocenters. The van der Waals surface area contributed by atoms with Crippen molar-refractivity contribution in [3.8, 4) is 11.1 Å². The van der Waals surface area contributed by atoms with Gasteiger partial charge in [-0.05, 0) is 73.4 Å². The Kier molecular flexibility index (Phi) is 5.25. The molecule has 0 spiro atoms. The lowest BCUT2D eigenvalue weighted by molar-refractivity contribution is -0.112. The summed E-state index contributed by atoms with van der Waals surface area (Å²) in [7, 11) is 0. The van der Waals surface area contributed by atoms with Gasteiger partial charge in [0.05, 0.1) is 0 Å². The molecular formula is C23H23FN4O. The van der Waals surface area contributed by atoms with Gasteiger partial charge in [0, 0.05) is 41.3 Å². The Balaban J connectivity index is 1.61. The Labute approximate surface area is 168 Å². The topological polar surface area (TPSA) is 80.9 Å². The van der Waals surface area contributed by atoms with E-state index in [2.05, 4.69) is 15.3 Å². The summed E-state index contributed by atoms with van der Waals surface area (Å²) in [6.45, 7) is 2.03. The maximum Gasteiger partial charge on any atom is 0.249 e. The fourth-order valence-electron chi connectivity index (χ4n) is 3.72. The summed E-state index contributed by atoms with van der Waals surface area (Å²) in [4.78, 5) is 20.9. The monoisotopic (exact) mass is 390 g/mol. The van der Waals surface area contributed by atoms with E-state index in [0.29, 0.717) is 37.2 Å². The molecule has 4 rings (SSSR count). The molecule has 0 radical (unpaired) electrons. The minimum atomic E-state index is -0.750. The highest BCUT2D eigenvalue weighted by molar-refractivity contribution is 6.02. The van der Waals surface area contributed by atoms with Crippen LogP contribution in [0, 0.1) is 6.92 Å². The lowest BCUT2D eigenvalue weighted by Gasteiger charge is -2.17. The predicted octanol–water partition coefficient (Wildman–Crippen LogP) is 4.96. The van der Waals surface area contributed by atoms with Crippen LogP contribution >= 0.6 is 0 Å². The standard InChI is InChI=1S/C23H23FN4O/c1-14-6-7-26-12-19(14)16-9-17-11-22(27-13-20(17)21(25)10-16)28-23(29)8-15-2-4-18(24)5-3-15/h6-13,18H,2-5,25H2,1H3,(H,27,28,29). The molecular weight excluding hydrogens is 367 g/mol. The van der Waals surface area contributed by atoms with E-state index >= 15 is 0 Å². The van der Waals surface area contributed by atoms with Gasteiger partial charge in [0.15, 0.2) is 0 Å². The molecule has 0 saturated heterocycles. The van der Waals surface area contributed by atoms with E-state index in [9.17, 15) is 9.18 Å². The number of aryl methyl sites for hydroxylation is 1. The lowest BCUT2D eigenvalue weighted by Crippen LogP contribution is -2.13. The first-order valence-corrected chi connectivity index (χ1v) is 9.74. The smallest absolute Gasteiger partial charge is 0.249 e. The van der Waals surface area contributed by atoms with Gasteiger partial charge < -0.3 is 11.1 Å². The number of nitrogens with zero attached hydrogens (tertiary/aromatic N) is 2. The number of nitrogens with two attached hydrogens (primary N) is 1. The highest BCUT2D eigenvalue weighted by Crippen LogP contribution is 2.31. The first-order valence-electron chi connectivity index (χ1n) is 9.74. The molecule has 3 aromatic rings. The summed E-state index contributed by atoms with van der Waals surface area (Å²) in [5, 5.41) is 4.52. The van der Waals surface area contributed by atoms with Crippen molar-refractivity contribution in [2.24, 2.45) is 0 Å². The number of rotatable bonds is 3. The van der Waals surface area contributed by atoms with Crippen LogP contribution in [0.5, 0.6) is 0 Å². The van der Waals surface area contributed by atoms with E-state index in [1.165, 1.54) is 0 Å². The van der Waals surface area contributed by atoms with E-state index in [-0.39, 0.29) is 5.91 Å². The summed E-state index contributed by atoms with van der Waals surface area (Å²) >= 11 is 0. The van der Waals surface area contributed by atoms with Gasteiger partial charge in [-0.3, -0.25) is 9.78 Å². The van der Waals surface area contributed by atoms with Crippen LogP contribution in [0.15, 0.2) is 54.5 Å². The Morgan fingerprint density at radius 3 is 2.79 bits per heavy atom. The maximum atomic E-state index is 13.3. The average molecular weight is 390 g/mol. The zero-order chi connectivity index (χ0) is 20.4. The lowest BCUT2D eigenvalue weighted by atomic mass is 9.93. The Bertz CT molecular complexity index is 1100. The predicted molar refractivity (Wildman–Crippen MR) is 114 cm³/mol. The summed E-state index contributed by atoms with van der Waals surface area (Å²) in [5.41, 5.74) is 10.9. The second-order valence-corrected chi connectivity index (χ2v) is 7.51. The number of pyridine rings is 2. The van der Waals surface area contributed by atoms with Crippen molar-refractivity contribution in [2.45, 2.75) is 38.8 Å². The largest absolute Gasteiger partial charge is 0.398 e. The van der Waals surface area contributed by atoms with Gasteiger partial charge >= 0.3 is 0 Å². The number of nitrogen functional groups attached to an aromatic ring is 1. The highest BCUT2D eigenvalue weighted by atomic mass is 19.1. The van der Waals surface area contributed by atoms with Crippen molar-refractivity contribution in [3.63, 3.8) is 0 Å². The van der Waals surface area contributed by atoms with Crippen LogP contribution in [0.1, 0.15) is 31.2 Å². The second kappa shape index (κ2) is 7.99. The van der Waals surface area contributed by atoms with Crippen LogP contribution in [-0.4, -0.2) is 22.0 Å². The molecule has 2 heterocycles. The zero-order valence-electron chi connectivity index (χ0n) is 16.3. The summed E-state index contributed by atoms with van der Waals surface area (Å²) < 4.78 is 13.3. The fraction of sp³-hybridized carbons (Fsp3) is 0.261. The van der Waals surface area contributed by atoms with Crippen LogP contribution in [0.2, 0.25) is 0 Å². The molecule has 3 N–H and O–H groups in total. The number of halogens is 1. The number of carbonyl (C=O) groups excluding carboxylic acids is 1. The molecule has 1 aromatic carbocycles. The van der Waals surface area contributed by atoms with Crippen LogP contribution in [-0.2, 0) is 4.79 Å². The zero-order valence-corrected chi connectivity index (χ0v) is 16.3. The Hall–Kier alpha value is -3.28. The fourth-order valence-corrected chi connectivity index (χ4v) is 3.72. The van der Waals surface area contributed by atoms with Crippen LogP contribution < -0.4 is 11.1 Å². The van der Waals surface area contributed by atoms with Crippen molar-refractivity contribution in [1.82, 2.24) is 9.97 Å².